The number of likely N-dealkylation sites (tertiary alicyclic amines) is 1. The van der Waals surface area contributed by atoms with Gasteiger partial charge in [-0.25, -0.2) is 4.79 Å². The van der Waals surface area contributed by atoms with Crippen LogP contribution in [0.4, 0.5) is 0 Å². The minimum atomic E-state index is -1.39. The molecule has 5 rings (SSSR count). The highest BCUT2D eigenvalue weighted by molar-refractivity contribution is 6.36. The molecule has 0 aliphatic carbocycles. The monoisotopic (exact) mass is 654 g/mol. The summed E-state index contributed by atoms with van der Waals surface area (Å²) >= 11 is 13.1. The Labute approximate surface area is 271 Å². The molecule has 0 radical (unpaired) electrons. The molecule has 2 unspecified atom stereocenters. The third-order valence-electron chi connectivity index (χ3n) is 8.77. The van der Waals surface area contributed by atoms with Crippen molar-refractivity contribution < 1.29 is 29.4 Å². The van der Waals surface area contributed by atoms with E-state index < -0.39 is 23.8 Å². The van der Waals surface area contributed by atoms with Gasteiger partial charge in [-0.15, -0.1) is 0 Å². The molecule has 3 aliphatic heterocycles. The van der Waals surface area contributed by atoms with E-state index in [1.165, 1.54) is 12.1 Å². The van der Waals surface area contributed by atoms with Gasteiger partial charge >= 0.3 is 11.9 Å². The molecule has 3 aliphatic rings. The number of aryl methyl sites for hydroxylation is 1. The molecule has 2 fully saturated rings. The van der Waals surface area contributed by atoms with Crippen LogP contribution >= 0.6 is 23.2 Å². The quantitative estimate of drug-likeness (QED) is 0.389. The van der Waals surface area contributed by atoms with Crippen LogP contribution in [0, 0.1) is 5.92 Å². The molecule has 2 aromatic carbocycles. The van der Waals surface area contributed by atoms with Crippen LogP contribution in [0.5, 0.6) is 0 Å². The van der Waals surface area contributed by atoms with Crippen LogP contribution in [0.15, 0.2) is 64.8 Å². The zero-order chi connectivity index (χ0) is 32.1. The first-order chi connectivity index (χ1) is 21.6. The van der Waals surface area contributed by atoms with Crippen LogP contribution in [0.2, 0.25) is 10.0 Å². The number of piperazine rings is 1. The number of amides is 2. The summed E-state index contributed by atoms with van der Waals surface area (Å²) in [7, 11) is 0. The Kier molecular flexibility index (Phi) is 10.6. The van der Waals surface area contributed by atoms with Crippen molar-refractivity contribution in [2.75, 3.05) is 45.8 Å². The van der Waals surface area contributed by atoms with Crippen LogP contribution in [0.1, 0.15) is 42.7 Å². The molecular weight excluding hydrogens is 619 g/mol. The molecule has 45 heavy (non-hydrogen) atoms. The van der Waals surface area contributed by atoms with Gasteiger partial charge in [-0.1, -0.05) is 59.6 Å². The zero-order valence-corrected chi connectivity index (χ0v) is 26.3. The highest BCUT2D eigenvalue weighted by atomic mass is 35.5. The number of aliphatic imine (C=N–C) groups is 1. The van der Waals surface area contributed by atoms with Crippen molar-refractivity contribution in [3.63, 3.8) is 0 Å². The van der Waals surface area contributed by atoms with E-state index in [-0.39, 0.29) is 57.2 Å². The van der Waals surface area contributed by atoms with E-state index in [0.29, 0.717) is 39.1 Å². The Bertz CT molecular complexity index is 1490. The van der Waals surface area contributed by atoms with Gasteiger partial charge in [-0.2, -0.15) is 0 Å². The fourth-order valence-electron chi connectivity index (χ4n) is 6.43. The first-order valence-corrected chi connectivity index (χ1v) is 15.9. The van der Waals surface area contributed by atoms with Crippen molar-refractivity contribution in [2.45, 2.75) is 38.0 Å². The van der Waals surface area contributed by atoms with Gasteiger partial charge in [0.1, 0.15) is 5.92 Å². The number of carbonyl (C=O) groups is 4. The Balaban J connectivity index is 1.42. The molecule has 0 spiro atoms. The van der Waals surface area contributed by atoms with E-state index in [9.17, 15) is 29.4 Å². The van der Waals surface area contributed by atoms with Crippen LogP contribution in [0.3, 0.4) is 0 Å². The van der Waals surface area contributed by atoms with Gasteiger partial charge in [0.15, 0.2) is 0 Å². The lowest BCUT2D eigenvalue weighted by Gasteiger charge is -2.36. The number of aliphatic carboxylic acids is 2. The lowest BCUT2D eigenvalue weighted by Crippen LogP contribution is -2.51. The first-order valence-electron chi connectivity index (χ1n) is 15.2. The van der Waals surface area contributed by atoms with Crippen LogP contribution in [-0.4, -0.2) is 100 Å². The molecule has 2 amide bonds. The molecule has 0 aromatic heterocycles. The number of carboxylic acids is 2. The number of benzene rings is 2. The summed E-state index contributed by atoms with van der Waals surface area (Å²) in [5, 5.41) is 21.2. The maximum atomic E-state index is 13.6. The van der Waals surface area contributed by atoms with E-state index in [2.05, 4.69) is 4.99 Å². The molecule has 0 bridgehead atoms. The average Bonchev–Trinajstić information content (AvgIpc) is 3.56. The highest BCUT2D eigenvalue weighted by Gasteiger charge is 2.45. The van der Waals surface area contributed by atoms with Gasteiger partial charge in [0.2, 0.25) is 11.8 Å². The van der Waals surface area contributed by atoms with Gasteiger partial charge in [0, 0.05) is 60.9 Å². The average molecular weight is 656 g/mol. The second-order valence-electron chi connectivity index (χ2n) is 11.6. The van der Waals surface area contributed by atoms with E-state index in [1.807, 2.05) is 40.1 Å². The predicted octanol–water partition coefficient (Wildman–Crippen LogP) is 4.36. The molecular formula is C33H36Cl2N4O6. The Morgan fingerprint density at radius 3 is 2.00 bits per heavy atom. The number of hydrogen-bond acceptors (Lipinski definition) is 6. The Hall–Kier alpha value is -3.73. The smallest absolute Gasteiger partial charge is 0.334 e. The SMILES string of the molecule is O=C(O)C1=C(CC(=O)N2CCN(CC(=O)N3CCCC3)CC2)N=C(CCc2ccccc2)C(C(=O)O)C1c1c(Cl)cccc1Cl. The van der Waals surface area contributed by atoms with E-state index in [1.54, 1.807) is 11.0 Å². The molecule has 2 aromatic rings. The topological polar surface area (TPSA) is 131 Å². The first kappa shape index (κ1) is 32.7. The molecule has 2 saturated heterocycles. The lowest BCUT2D eigenvalue weighted by atomic mass is 9.73. The molecule has 2 N–H and O–H groups in total. The maximum Gasteiger partial charge on any atom is 0.334 e. The predicted molar refractivity (Wildman–Crippen MR) is 171 cm³/mol. The van der Waals surface area contributed by atoms with Gasteiger partial charge in [-0.3, -0.25) is 24.3 Å². The van der Waals surface area contributed by atoms with Gasteiger partial charge in [-0.05, 0) is 48.9 Å². The van der Waals surface area contributed by atoms with Crippen molar-refractivity contribution in [1.82, 2.24) is 14.7 Å². The van der Waals surface area contributed by atoms with Crippen LogP contribution in [0.25, 0.3) is 0 Å². The van der Waals surface area contributed by atoms with Gasteiger partial charge in [0.05, 0.1) is 24.2 Å². The summed E-state index contributed by atoms with van der Waals surface area (Å²) in [6.07, 6.45) is 2.42. The molecule has 0 saturated carbocycles. The summed E-state index contributed by atoms with van der Waals surface area (Å²) in [4.78, 5) is 62.1. The molecule has 12 heteroatoms. The summed E-state index contributed by atoms with van der Waals surface area (Å²) in [5.41, 5.74) is 1.09. The van der Waals surface area contributed by atoms with Crippen molar-refractivity contribution in [3.05, 3.63) is 81.0 Å². The number of hydrogen-bond donors (Lipinski definition) is 2. The number of carbonyl (C=O) groups excluding carboxylic acids is 2. The summed E-state index contributed by atoms with van der Waals surface area (Å²) in [6, 6.07) is 14.2. The van der Waals surface area contributed by atoms with Gasteiger partial charge in [0.25, 0.3) is 0 Å². The Morgan fingerprint density at radius 2 is 1.40 bits per heavy atom. The fraction of sp³-hybridized carbons (Fsp3) is 0.424. The number of carboxylic acid groups (broad SMARTS) is 2. The fourth-order valence-corrected chi connectivity index (χ4v) is 7.07. The zero-order valence-electron chi connectivity index (χ0n) is 24.8. The highest BCUT2D eigenvalue weighted by Crippen LogP contribution is 2.46. The minimum absolute atomic E-state index is 0.000638. The van der Waals surface area contributed by atoms with E-state index in [4.69, 9.17) is 23.2 Å². The Morgan fingerprint density at radius 1 is 0.778 bits per heavy atom. The standard InChI is InChI=1S/C33H36Cl2N4O6/c34-22-9-6-10-23(35)28(22)31-29(32(42)43)24(12-11-21-7-2-1-3-8-21)36-25(30(31)33(44)45)19-26(40)39-17-15-37(16-18-39)20-27(41)38-13-4-5-14-38/h1-3,6-10,29,31H,4-5,11-20H2,(H,42,43)(H,44,45). The normalized spacial score (nSPS) is 20.7. The molecule has 10 nitrogen and oxygen atoms in total. The van der Waals surface area contributed by atoms with Crippen molar-refractivity contribution in [1.29, 1.82) is 0 Å². The van der Waals surface area contributed by atoms with Crippen LogP contribution < -0.4 is 0 Å². The van der Waals surface area contributed by atoms with Crippen LogP contribution in [-0.2, 0) is 25.6 Å². The third kappa shape index (κ3) is 7.57. The molecule has 238 valence electrons. The summed E-state index contributed by atoms with van der Waals surface area (Å²) < 4.78 is 0. The number of halogens is 2. The second kappa shape index (κ2) is 14.6. The van der Waals surface area contributed by atoms with E-state index in [0.717, 1.165) is 31.5 Å². The number of rotatable bonds is 10. The van der Waals surface area contributed by atoms with Crippen molar-refractivity contribution in [3.8, 4) is 0 Å². The molecule has 2 atom stereocenters. The number of nitrogens with zero attached hydrogens (tertiary/aromatic N) is 4. The van der Waals surface area contributed by atoms with Crippen molar-refractivity contribution in [2.24, 2.45) is 10.9 Å². The molecule has 3 heterocycles. The van der Waals surface area contributed by atoms with Crippen molar-refractivity contribution >= 4 is 52.7 Å². The van der Waals surface area contributed by atoms with E-state index >= 15 is 0 Å². The second-order valence-corrected chi connectivity index (χ2v) is 12.4. The summed E-state index contributed by atoms with van der Waals surface area (Å²) in [6.45, 7) is 3.67. The largest absolute Gasteiger partial charge is 0.481 e. The van der Waals surface area contributed by atoms with Gasteiger partial charge < -0.3 is 20.0 Å². The maximum absolute atomic E-state index is 13.6. The summed E-state index contributed by atoms with van der Waals surface area (Å²) in [5.74, 6) is -5.49. The minimum Gasteiger partial charge on any atom is -0.481 e. The third-order valence-corrected chi connectivity index (χ3v) is 9.43. The lowest BCUT2D eigenvalue weighted by molar-refractivity contribution is -0.140.